The maximum Gasteiger partial charge on any atom is 0.355 e. The van der Waals surface area contributed by atoms with Gasteiger partial charge in [0.25, 0.3) is 5.91 Å². The quantitative estimate of drug-likeness (QED) is 0.663. The predicted octanol–water partition coefficient (Wildman–Crippen LogP) is 1.25. The fraction of sp³-hybridized carbons (Fsp3) is 0.158. The Morgan fingerprint density at radius 1 is 1.00 bits per heavy atom. The van der Waals surface area contributed by atoms with Crippen LogP contribution in [0.1, 0.15) is 5.56 Å². The van der Waals surface area contributed by atoms with E-state index in [1.807, 2.05) is 30.3 Å². The van der Waals surface area contributed by atoms with E-state index in [0.29, 0.717) is 5.69 Å². The normalized spacial score (nSPS) is 21.2. The number of anilines is 1. The Labute approximate surface area is 149 Å². The first-order chi connectivity index (χ1) is 12.7. The van der Waals surface area contributed by atoms with Crippen LogP contribution in [0.25, 0.3) is 0 Å². The van der Waals surface area contributed by atoms with Gasteiger partial charge >= 0.3 is 5.97 Å². The summed E-state index contributed by atoms with van der Waals surface area (Å²) in [6, 6.07) is 16.9. The zero-order chi connectivity index (χ0) is 18.1. The molecule has 26 heavy (non-hydrogen) atoms. The zero-order valence-electron chi connectivity index (χ0n) is 13.7. The van der Waals surface area contributed by atoms with Crippen molar-refractivity contribution in [2.75, 3.05) is 4.90 Å². The molecule has 1 saturated heterocycles. The molecule has 2 aromatic rings. The Balaban J connectivity index is 1.51. The number of carbonyl (C=O) groups excluding carboxylic acids is 3. The molecule has 0 spiro atoms. The fourth-order valence-electron chi connectivity index (χ4n) is 3.09. The molecule has 2 aromatic carbocycles. The number of rotatable bonds is 4. The minimum absolute atomic E-state index is 0.0669. The van der Waals surface area contributed by atoms with Gasteiger partial charge in [0.2, 0.25) is 5.91 Å². The van der Waals surface area contributed by atoms with Crippen LogP contribution >= 0.6 is 0 Å². The van der Waals surface area contributed by atoms with Gasteiger partial charge in [-0.3, -0.25) is 15.0 Å². The molecule has 0 aliphatic carbocycles. The molecule has 2 aliphatic rings. The van der Waals surface area contributed by atoms with Gasteiger partial charge in [-0.05, 0) is 17.7 Å². The summed E-state index contributed by atoms with van der Waals surface area (Å²) < 4.78 is 5.25. The largest absolute Gasteiger partial charge is 0.456 e. The molecule has 2 atom stereocenters. The highest BCUT2D eigenvalue weighted by molar-refractivity contribution is 6.46. The third-order valence-electron chi connectivity index (χ3n) is 4.36. The highest BCUT2D eigenvalue weighted by atomic mass is 16.5. The van der Waals surface area contributed by atoms with Gasteiger partial charge in [-0.2, -0.15) is 5.10 Å². The lowest BCUT2D eigenvalue weighted by Gasteiger charge is -2.15. The fourth-order valence-corrected chi connectivity index (χ4v) is 3.09. The van der Waals surface area contributed by atoms with E-state index >= 15 is 0 Å². The van der Waals surface area contributed by atoms with Crippen LogP contribution in [0.5, 0.6) is 0 Å². The molecule has 0 aromatic heterocycles. The minimum Gasteiger partial charge on any atom is -0.456 e. The van der Waals surface area contributed by atoms with Gasteiger partial charge in [-0.25, -0.2) is 9.69 Å². The van der Waals surface area contributed by atoms with Crippen molar-refractivity contribution in [1.29, 1.82) is 0 Å². The van der Waals surface area contributed by atoms with E-state index in [0.717, 1.165) is 10.5 Å². The Bertz CT molecular complexity index is 896. The summed E-state index contributed by atoms with van der Waals surface area (Å²) in [5.41, 5.74) is 3.83. The second kappa shape index (κ2) is 6.44. The van der Waals surface area contributed by atoms with Crippen LogP contribution < -0.4 is 10.3 Å². The van der Waals surface area contributed by atoms with Gasteiger partial charge in [-0.1, -0.05) is 48.5 Å². The first-order valence-corrected chi connectivity index (χ1v) is 8.14. The van der Waals surface area contributed by atoms with Crippen molar-refractivity contribution in [3.8, 4) is 0 Å². The maximum absolute atomic E-state index is 12.8. The smallest absolute Gasteiger partial charge is 0.355 e. The molecule has 2 aliphatic heterocycles. The molecule has 7 nitrogen and oxygen atoms in total. The van der Waals surface area contributed by atoms with E-state index in [1.54, 1.807) is 30.3 Å². The monoisotopic (exact) mass is 349 g/mol. The van der Waals surface area contributed by atoms with Crippen LogP contribution in [-0.2, 0) is 25.7 Å². The van der Waals surface area contributed by atoms with Crippen LogP contribution in [0.3, 0.4) is 0 Å². The number of nitrogens with zero attached hydrogens (tertiary/aromatic N) is 2. The molecular formula is C19H15N3O4. The van der Waals surface area contributed by atoms with Crippen molar-refractivity contribution < 1.29 is 19.1 Å². The van der Waals surface area contributed by atoms with Gasteiger partial charge < -0.3 is 4.74 Å². The van der Waals surface area contributed by atoms with E-state index in [2.05, 4.69) is 10.5 Å². The van der Waals surface area contributed by atoms with Crippen LogP contribution in [0.2, 0.25) is 0 Å². The summed E-state index contributed by atoms with van der Waals surface area (Å²) in [5.74, 6) is -2.58. The standard InChI is InChI=1S/C19H15N3O4/c23-17-14-15(18(24)22(17)13-9-5-2-6-10-13)20-21-16(14)19(25)26-11-12-7-3-1-4-8-12/h1-10,14-15,20H,11H2/t14-,15+/m1/s1. The number of nitrogens with one attached hydrogen (secondary N) is 1. The Hall–Kier alpha value is -3.48. The maximum atomic E-state index is 12.8. The van der Waals surface area contributed by atoms with Crippen LogP contribution in [0, 0.1) is 5.92 Å². The lowest BCUT2D eigenvalue weighted by molar-refractivity contribution is -0.137. The van der Waals surface area contributed by atoms with Crippen molar-refractivity contribution in [2.45, 2.75) is 12.6 Å². The molecule has 2 heterocycles. The van der Waals surface area contributed by atoms with Crippen molar-refractivity contribution in [3.05, 3.63) is 66.2 Å². The molecule has 7 heteroatoms. The number of esters is 1. The molecule has 2 amide bonds. The summed E-state index contributed by atoms with van der Waals surface area (Å²) >= 11 is 0. The summed E-state index contributed by atoms with van der Waals surface area (Å²) in [4.78, 5) is 38.8. The highest BCUT2D eigenvalue weighted by Gasteiger charge is 2.55. The summed E-state index contributed by atoms with van der Waals surface area (Å²) in [7, 11) is 0. The third kappa shape index (κ3) is 2.63. The summed E-state index contributed by atoms with van der Waals surface area (Å²) in [5, 5.41) is 3.89. The number of imide groups is 1. The number of ether oxygens (including phenoxy) is 1. The molecule has 1 N–H and O–H groups in total. The van der Waals surface area contributed by atoms with Crippen molar-refractivity contribution >= 4 is 29.2 Å². The Kier molecular flexibility index (Phi) is 3.96. The van der Waals surface area contributed by atoms with E-state index in [1.165, 1.54) is 0 Å². The summed E-state index contributed by atoms with van der Waals surface area (Å²) in [6.45, 7) is 0.0701. The zero-order valence-corrected chi connectivity index (χ0v) is 13.7. The number of hydrogen-bond donors (Lipinski definition) is 1. The van der Waals surface area contributed by atoms with Gasteiger partial charge in [-0.15, -0.1) is 0 Å². The molecule has 0 bridgehead atoms. The average Bonchev–Trinajstić information content (AvgIpc) is 3.22. The van der Waals surface area contributed by atoms with E-state index in [-0.39, 0.29) is 12.3 Å². The molecule has 130 valence electrons. The van der Waals surface area contributed by atoms with Crippen molar-refractivity contribution in [3.63, 3.8) is 0 Å². The first-order valence-electron chi connectivity index (χ1n) is 8.14. The topological polar surface area (TPSA) is 88.1 Å². The number of benzene rings is 2. The lowest BCUT2D eigenvalue weighted by Crippen LogP contribution is -2.36. The predicted molar refractivity (Wildman–Crippen MR) is 93.0 cm³/mol. The molecule has 4 rings (SSSR count). The number of hydrogen-bond acceptors (Lipinski definition) is 6. The SMILES string of the molecule is O=C(OCc1ccccc1)C1=NN[C@@H]2C(=O)N(c3ccccc3)C(=O)[C@@H]12. The van der Waals surface area contributed by atoms with Crippen molar-refractivity contribution in [1.82, 2.24) is 5.43 Å². The highest BCUT2D eigenvalue weighted by Crippen LogP contribution is 2.30. The van der Waals surface area contributed by atoms with Crippen LogP contribution in [0.4, 0.5) is 5.69 Å². The molecule has 0 saturated carbocycles. The third-order valence-corrected chi connectivity index (χ3v) is 4.36. The minimum atomic E-state index is -0.967. The number of para-hydroxylation sites is 1. The van der Waals surface area contributed by atoms with E-state index in [9.17, 15) is 14.4 Å². The second-order valence-electron chi connectivity index (χ2n) is 5.99. The Morgan fingerprint density at radius 3 is 2.35 bits per heavy atom. The first kappa shape index (κ1) is 16.0. The number of fused-ring (bicyclic) bond motifs is 1. The number of hydrazone groups is 1. The molecule has 1 fully saturated rings. The van der Waals surface area contributed by atoms with Gasteiger partial charge in [0, 0.05) is 0 Å². The molecule has 0 radical (unpaired) electrons. The van der Waals surface area contributed by atoms with E-state index in [4.69, 9.17) is 4.74 Å². The molecular weight excluding hydrogens is 334 g/mol. The van der Waals surface area contributed by atoms with E-state index < -0.39 is 29.7 Å². The second-order valence-corrected chi connectivity index (χ2v) is 5.99. The van der Waals surface area contributed by atoms with Gasteiger partial charge in [0.15, 0.2) is 5.71 Å². The number of carbonyl (C=O) groups is 3. The average molecular weight is 349 g/mol. The van der Waals surface area contributed by atoms with Gasteiger partial charge in [0.1, 0.15) is 18.6 Å². The van der Waals surface area contributed by atoms with Crippen LogP contribution in [-0.4, -0.2) is 29.5 Å². The lowest BCUT2D eigenvalue weighted by atomic mass is 9.99. The summed E-state index contributed by atoms with van der Waals surface area (Å²) in [6.07, 6.45) is 0. The number of amides is 2. The van der Waals surface area contributed by atoms with Crippen LogP contribution in [0.15, 0.2) is 65.8 Å². The van der Waals surface area contributed by atoms with Crippen molar-refractivity contribution in [2.24, 2.45) is 11.0 Å². The Morgan fingerprint density at radius 2 is 1.65 bits per heavy atom. The molecule has 0 unspecified atom stereocenters. The van der Waals surface area contributed by atoms with Gasteiger partial charge in [0.05, 0.1) is 5.69 Å².